The molecular formula is C22H36N4. The van der Waals surface area contributed by atoms with E-state index in [0.717, 1.165) is 5.92 Å². The van der Waals surface area contributed by atoms with E-state index in [2.05, 4.69) is 45.8 Å². The predicted octanol–water partition coefficient (Wildman–Crippen LogP) is 3.41. The molecule has 0 bridgehead atoms. The first-order valence-electron chi connectivity index (χ1n) is 10.7. The molecule has 4 nitrogen and oxygen atoms in total. The summed E-state index contributed by atoms with van der Waals surface area (Å²) < 4.78 is 0. The molecule has 3 fully saturated rings. The van der Waals surface area contributed by atoms with E-state index >= 15 is 0 Å². The minimum Gasteiger partial charge on any atom is -0.357 e. The Balaban J connectivity index is 1.24. The van der Waals surface area contributed by atoms with Gasteiger partial charge < -0.3 is 14.7 Å². The van der Waals surface area contributed by atoms with Crippen LogP contribution in [0.3, 0.4) is 0 Å². The van der Waals surface area contributed by atoms with E-state index in [9.17, 15) is 0 Å². The average Bonchev–Trinajstić information content (AvgIpc) is 2.67. The minimum atomic E-state index is 0.616. The molecule has 0 aromatic carbocycles. The lowest BCUT2D eigenvalue weighted by Crippen LogP contribution is -2.48. The molecule has 4 heterocycles. The second-order valence-corrected chi connectivity index (χ2v) is 9.23. The van der Waals surface area contributed by atoms with Gasteiger partial charge in [0, 0.05) is 25.8 Å². The highest BCUT2D eigenvalue weighted by molar-refractivity contribution is 5.39. The van der Waals surface area contributed by atoms with Gasteiger partial charge in [-0.3, -0.25) is 0 Å². The second kappa shape index (κ2) is 7.85. The Morgan fingerprint density at radius 3 is 2.23 bits per heavy atom. The molecule has 3 aliphatic rings. The molecule has 144 valence electrons. The number of likely N-dealkylation sites (tertiary alicyclic amines) is 2. The van der Waals surface area contributed by atoms with Gasteiger partial charge in [0.15, 0.2) is 0 Å². The molecule has 0 amide bonds. The third-order valence-corrected chi connectivity index (χ3v) is 7.32. The van der Waals surface area contributed by atoms with Crippen molar-refractivity contribution in [2.75, 3.05) is 57.8 Å². The molecule has 4 rings (SSSR count). The van der Waals surface area contributed by atoms with Gasteiger partial charge in [0.05, 0.1) is 0 Å². The Morgan fingerprint density at radius 2 is 1.62 bits per heavy atom. The number of rotatable bonds is 3. The van der Waals surface area contributed by atoms with Gasteiger partial charge in [-0.2, -0.15) is 0 Å². The van der Waals surface area contributed by atoms with Crippen LogP contribution in [0.4, 0.5) is 5.82 Å². The lowest BCUT2D eigenvalue weighted by molar-refractivity contribution is 0.0619. The van der Waals surface area contributed by atoms with E-state index in [-0.39, 0.29) is 0 Å². The summed E-state index contributed by atoms with van der Waals surface area (Å²) in [5, 5.41) is 0. The van der Waals surface area contributed by atoms with Crippen LogP contribution in [0.1, 0.15) is 44.1 Å². The van der Waals surface area contributed by atoms with Gasteiger partial charge >= 0.3 is 0 Å². The topological polar surface area (TPSA) is 22.6 Å². The first-order chi connectivity index (χ1) is 12.6. The van der Waals surface area contributed by atoms with Crippen molar-refractivity contribution in [1.29, 1.82) is 0 Å². The summed E-state index contributed by atoms with van der Waals surface area (Å²) in [4.78, 5) is 12.4. The number of aromatic nitrogens is 1. The number of aryl methyl sites for hydroxylation is 1. The Hall–Kier alpha value is -1.13. The molecule has 0 N–H and O–H groups in total. The largest absolute Gasteiger partial charge is 0.357 e. The molecule has 0 radical (unpaired) electrons. The number of hydrogen-bond acceptors (Lipinski definition) is 4. The first-order valence-corrected chi connectivity index (χ1v) is 10.7. The molecule has 0 saturated carbocycles. The molecule has 0 unspecified atom stereocenters. The van der Waals surface area contributed by atoms with Gasteiger partial charge in [-0.25, -0.2) is 4.98 Å². The third kappa shape index (κ3) is 4.23. The molecule has 0 atom stereocenters. The molecular weight excluding hydrogens is 320 g/mol. The zero-order valence-electron chi connectivity index (χ0n) is 16.8. The molecule has 26 heavy (non-hydrogen) atoms. The van der Waals surface area contributed by atoms with Crippen LogP contribution < -0.4 is 4.90 Å². The second-order valence-electron chi connectivity index (χ2n) is 9.23. The maximum absolute atomic E-state index is 4.63. The fraction of sp³-hybridized carbons (Fsp3) is 0.773. The molecule has 1 aromatic heterocycles. The van der Waals surface area contributed by atoms with Crippen molar-refractivity contribution in [2.24, 2.45) is 11.3 Å². The van der Waals surface area contributed by atoms with Crippen molar-refractivity contribution >= 4 is 5.82 Å². The van der Waals surface area contributed by atoms with Gasteiger partial charge in [0.25, 0.3) is 0 Å². The first kappa shape index (κ1) is 18.2. The Bertz CT molecular complexity index is 558. The van der Waals surface area contributed by atoms with Crippen molar-refractivity contribution in [1.82, 2.24) is 14.8 Å². The van der Waals surface area contributed by atoms with E-state index in [0.29, 0.717) is 5.41 Å². The number of anilines is 1. The normalized spacial score (nSPS) is 25.7. The SMILES string of the molecule is Cc1ccc(N2CCC3(CCN(CC4CCN(C)CC4)CC3)CC2)nc1. The van der Waals surface area contributed by atoms with Crippen LogP contribution in [0, 0.1) is 18.3 Å². The van der Waals surface area contributed by atoms with Crippen LogP contribution in [-0.2, 0) is 0 Å². The smallest absolute Gasteiger partial charge is 0.128 e. The van der Waals surface area contributed by atoms with Crippen molar-refractivity contribution in [3.05, 3.63) is 23.9 Å². The quantitative estimate of drug-likeness (QED) is 0.828. The number of hydrogen-bond donors (Lipinski definition) is 0. The molecule has 4 heteroatoms. The summed E-state index contributed by atoms with van der Waals surface area (Å²) >= 11 is 0. The van der Waals surface area contributed by atoms with Crippen LogP contribution in [0.2, 0.25) is 0 Å². The van der Waals surface area contributed by atoms with Gasteiger partial charge in [0.2, 0.25) is 0 Å². The summed E-state index contributed by atoms with van der Waals surface area (Å²) in [6.45, 7) is 11.1. The molecule has 1 spiro atoms. The van der Waals surface area contributed by atoms with Gasteiger partial charge in [-0.05, 0) is 102 Å². The highest BCUT2D eigenvalue weighted by atomic mass is 15.2. The zero-order chi connectivity index (χ0) is 18.0. The summed E-state index contributed by atoms with van der Waals surface area (Å²) in [7, 11) is 2.26. The monoisotopic (exact) mass is 356 g/mol. The van der Waals surface area contributed by atoms with Gasteiger partial charge in [-0.1, -0.05) is 6.07 Å². The van der Waals surface area contributed by atoms with Crippen LogP contribution in [-0.4, -0.2) is 67.6 Å². The van der Waals surface area contributed by atoms with Crippen molar-refractivity contribution < 1.29 is 0 Å². The van der Waals surface area contributed by atoms with Crippen LogP contribution in [0.5, 0.6) is 0 Å². The highest BCUT2D eigenvalue weighted by Crippen LogP contribution is 2.42. The molecule has 0 aliphatic carbocycles. The fourth-order valence-electron chi connectivity index (χ4n) is 5.18. The van der Waals surface area contributed by atoms with E-state index in [1.165, 1.54) is 95.7 Å². The van der Waals surface area contributed by atoms with E-state index < -0.39 is 0 Å². The molecule has 1 aromatic rings. The summed E-state index contributed by atoms with van der Waals surface area (Å²) in [5.41, 5.74) is 1.86. The average molecular weight is 357 g/mol. The van der Waals surface area contributed by atoms with Crippen LogP contribution >= 0.6 is 0 Å². The lowest BCUT2D eigenvalue weighted by atomic mass is 9.71. The number of pyridine rings is 1. The van der Waals surface area contributed by atoms with Gasteiger partial charge in [0.1, 0.15) is 5.82 Å². The van der Waals surface area contributed by atoms with E-state index in [1.807, 2.05) is 6.20 Å². The van der Waals surface area contributed by atoms with Crippen molar-refractivity contribution in [3.8, 4) is 0 Å². The highest BCUT2D eigenvalue weighted by Gasteiger charge is 2.38. The number of nitrogens with zero attached hydrogens (tertiary/aromatic N) is 4. The molecule has 3 saturated heterocycles. The van der Waals surface area contributed by atoms with E-state index in [1.54, 1.807) is 0 Å². The van der Waals surface area contributed by atoms with Crippen LogP contribution in [0.25, 0.3) is 0 Å². The van der Waals surface area contributed by atoms with Gasteiger partial charge in [-0.15, -0.1) is 0 Å². The summed E-state index contributed by atoms with van der Waals surface area (Å²) in [6, 6.07) is 4.38. The Kier molecular flexibility index (Phi) is 5.51. The number of piperidine rings is 3. The minimum absolute atomic E-state index is 0.616. The maximum Gasteiger partial charge on any atom is 0.128 e. The third-order valence-electron chi connectivity index (χ3n) is 7.32. The van der Waals surface area contributed by atoms with E-state index in [4.69, 9.17) is 0 Å². The standard InChI is InChI=1S/C22H36N4/c1-19-3-4-21(23-17-19)26-15-9-22(10-16-26)7-13-25(14-8-22)18-20-5-11-24(2)12-6-20/h3-4,17,20H,5-16,18H2,1-2H3. The summed E-state index contributed by atoms with van der Waals surface area (Å²) in [5.74, 6) is 2.11. The lowest BCUT2D eigenvalue weighted by Gasteiger charge is -2.48. The fourth-order valence-corrected chi connectivity index (χ4v) is 5.18. The Morgan fingerprint density at radius 1 is 0.962 bits per heavy atom. The van der Waals surface area contributed by atoms with Crippen molar-refractivity contribution in [3.63, 3.8) is 0 Å². The van der Waals surface area contributed by atoms with Crippen molar-refractivity contribution in [2.45, 2.75) is 45.4 Å². The maximum atomic E-state index is 4.63. The zero-order valence-corrected chi connectivity index (χ0v) is 16.8. The molecule has 3 aliphatic heterocycles. The van der Waals surface area contributed by atoms with Crippen LogP contribution in [0.15, 0.2) is 18.3 Å². The summed E-state index contributed by atoms with van der Waals surface area (Å²) in [6.07, 6.45) is 10.3. The predicted molar refractivity (Wildman–Crippen MR) is 109 cm³/mol. The Labute approximate surface area is 159 Å².